The lowest BCUT2D eigenvalue weighted by atomic mass is 9.90. The van der Waals surface area contributed by atoms with Crippen LogP contribution in [0.2, 0.25) is 0 Å². The molecule has 3 aromatic rings. The van der Waals surface area contributed by atoms with Gasteiger partial charge in [0.15, 0.2) is 0 Å². The van der Waals surface area contributed by atoms with Gasteiger partial charge in [0, 0.05) is 28.7 Å². The van der Waals surface area contributed by atoms with Gasteiger partial charge in [0.1, 0.15) is 16.5 Å². The van der Waals surface area contributed by atoms with E-state index in [0.29, 0.717) is 4.88 Å². The highest BCUT2D eigenvalue weighted by Gasteiger charge is 2.35. The van der Waals surface area contributed by atoms with E-state index in [1.165, 1.54) is 17.5 Å². The first-order valence-corrected chi connectivity index (χ1v) is 10.8. The number of aryl methyl sites for hydroxylation is 1. The molecule has 8 heteroatoms. The highest BCUT2D eigenvalue weighted by Crippen LogP contribution is 2.46. The maximum absolute atomic E-state index is 14.3. The molecule has 28 heavy (non-hydrogen) atoms. The molecule has 1 N–H and O–H groups in total. The highest BCUT2D eigenvalue weighted by atomic mass is 32.2. The Morgan fingerprint density at radius 1 is 1.14 bits per heavy atom. The second-order valence-electron chi connectivity index (χ2n) is 6.63. The van der Waals surface area contributed by atoms with Crippen molar-refractivity contribution in [2.45, 2.75) is 29.1 Å². The minimum atomic E-state index is -3.86. The molecule has 0 bridgehead atoms. The minimum absolute atomic E-state index is 0.0151. The van der Waals surface area contributed by atoms with E-state index in [1.54, 1.807) is 25.1 Å². The average molecular weight is 419 g/mol. The number of carbonyl (C=O) groups excluding carboxylic acids is 1. The van der Waals surface area contributed by atoms with E-state index < -0.39 is 33.3 Å². The standard InChI is InChI=1S/C20H15F2NO3S2/c1-11-3-2-4-13(7-11)28(25,26)17-10-27-20-15(9-18(24)23-19(17)20)14-6-5-12(21)8-16(14)22/h2-8,10,15H,9H2,1H3,(H,23,24)/t15-/m1/s1. The maximum Gasteiger partial charge on any atom is 0.225 e. The zero-order valence-corrected chi connectivity index (χ0v) is 16.3. The Morgan fingerprint density at radius 2 is 1.93 bits per heavy atom. The summed E-state index contributed by atoms with van der Waals surface area (Å²) in [6.45, 7) is 1.79. The van der Waals surface area contributed by atoms with Crippen LogP contribution in [0.15, 0.2) is 57.6 Å². The van der Waals surface area contributed by atoms with Crippen LogP contribution in [-0.2, 0) is 14.6 Å². The molecule has 4 nitrogen and oxygen atoms in total. The lowest BCUT2D eigenvalue weighted by Crippen LogP contribution is -2.24. The number of fused-ring (bicyclic) bond motifs is 1. The number of amides is 1. The van der Waals surface area contributed by atoms with Crippen LogP contribution in [0.3, 0.4) is 0 Å². The monoisotopic (exact) mass is 419 g/mol. The Bertz CT molecular complexity index is 1200. The van der Waals surface area contributed by atoms with Gasteiger partial charge in [-0.2, -0.15) is 0 Å². The van der Waals surface area contributed by atoms with Gasteiger partial charge in [-0.25, -0.2) is 17.2 Å². The second-order valence-corrected chi connectivity index (χ2v) is 9.46. The summed E-state index contributed by atoms with van der Waals surface area (Å²) in [6.07, 6.45) is -0.0417. The largest absolute Gasteiger partial charge is 0.324 e. The summed E-state index contributed by atoms with van der Waals surface area (Å²) < 4.78 is 53.8. The van der Waals surface area contributed by atoms with Gasteiger partial charge in [0.25, 0.3) is 0 Å². The van der Waals surface area contributed by atoms with Gasteiger partial charge in [-0.1, -0.05) is 18.2 Å². The zero-order valence-electron chi connectivity index (χ0n) is 14.7. The molecule has 1 amide bonds. The van der Waals surface area contributed by atoms with Crippen LogP contribution in [0.5, 0.6) is 0 Å². The van der Waals surface area contributed by atoms with E-state index in [0.717, 1.165) is 29.0 Å². The second kappa shape index (κ2) is 6.79. The minimum Gasteiger partial charge on any atom is -0.324 e. The van der Waals surface area contributed by atoms with Gasteiger partial charge in [0.2, 0.25) is 15.7 Å². The number of benzene rings is 2. The van der Waals surface area contributed by atoms with Crippen LogP contribution in [-0.4, -0.2) is 14.3 Å². The third-order valence-electron chi connectivity index (χ3n) is 4.68. The quantitative estimate of drug-likeness (QED) is 0.673. The molecule has 1 atom stereocenters. The Morgan fingerprint density at radius 3 is 2.64 bits per heavy atom. The number of anilines is 1. The van der Waals surface area contributed by atoms with Gasteiger partial charge in [-0.05, 0) is 36.2 Å². The third kappa shape index (κ3) is 3.12. The van der Waals surface area contributed by atoms with Crippen molar-refractivity contribution >= 4 is 32.8 Å². The first-order chi connectivity index (χ1) is 13.3. The Kier molecular flexibility index (Phi) is 4.55. The van der Waals surface area contributed by atoms with Gasteiger partial charge < -0.3 is 5.32 Å². The number of thiophene rings is 1. The van der Waals surface area contributed by atoms with Crippen molar-refractivity contribution in [1.29, 1.82) is 0 Å². The molecule has 4 rings (SSSR count). The summed E-state index contributed by atoms with van der Waals surface area (Å²) in [5.41, 5.74) is 1.14. The average Bonchev–Trinajstić information content (AvgIpc) is 3.05. The summed E-state index contributed by atoms with van der Waals surface area (Å²) in [6, 6.07) is 9.68. The zero-order chi connectivity index (χ0) is 20.1. The maximum atomic E-state index is 14.3. The van der Waals surface area contributed by atoms with Crippen LogP contribution < -0.4 is 5.32 Å². The smallest absolute Gasteiger partial charge is 0.225 e. The Hall–Kier alpha value is -2.58. The number of rotatable bonds is 3. The van der Waals surface area contributed by atoms with E-state index in [4.69, 9.17) is 0 Å². The van der Waals surface area contributed by atoms with Gasteiger partial charge in [-0.15, -0.1) is 11.3 Å². The summed E-state index contributed by atoms with van der Waals surface area (Å²) in [5, 5.41) is 4.09. The van der Waals surface area contributed by atoms with Crippen LogP contribution in [0.1, 0.15) is 28.3 Å². The molecular weight excluding hydrogens is 404 g/mol. The van der Waals surface area contributed by atoms with E-state index in [-0.39, 0.29) is 27.5 Å². The number of hydrogen-bond acceptors (Lipinski definition) is 4. The molecule has 0 saturated heterocycles. The number of sulfone groups is 1. The first kappa shape index (κ1) is 18.8. The van der Waals surface area contributed by atoms with Crippen LogP contribution in [0.4, 0.5) is 14.5 Å². The number of halogens is 2. The molecule has 1 aliphatic heterocycles. The normalized spacial score (nSPS) is 16.5. The fourth-order valence-corrected chi connectivity index (χ4v) is 6.35. The molecule has 0 saturated carbocycles. The van der Waals surface area contributed by atoms with E-state index >= 15 is 0 Å². The lowest BCUT2D eigenvalue weighted by molar-refractivity contribution is -0.116. The summed E-state index contributed by atoms with van der Waals surface area (Å²) in [4.78, 5) is 12.9. The molecule has 0 fully saturated rings. The van der Waals surface area contributed by atoms with Crippen molar-refractivity contribution in [3.63, 3.8) is 0 Å². The highest BCUT2D eigenvalue weighted by molar-refractivity contribution is 7.91. The topological polar surface area (TPSA) is 63.2 Å². The Labute approximate surface area is 164 Å². The molecule has 2 aromatic carbocycles. The van der Waals surface area contributed by atoms with Gasteiger partial charge >= 0.3 is 0 Å². The van der Waals surface area contributed by atoms with Crippen molar-refractivity contribution < 1.29 is 22.0 Å². The number of nitrogens with one attached hydrogen (secondary N) is 1. The number of hydrogen-bond donors (Lipinski definition) is 1. The van der Waals surface area contributed by atoms with E-state index in [2.05, 4.69) is 5.32 Å². The number of carbonyl (C=O) groups is 1. The van der Waals surface area contributed by atoms with Crippen molar-refractivity contribution in [3.05, 3.63) is 75.5 Å². The fraction of sp³-hybridized carbons (Fsp3) is 0.150. The predicted octanol–water partition coefficient (Wildman–Crippen LogP) is 4.64. The lowest BCUT2D eigenvalue weighted by Gasteiger charge is -2.24. The van der Waals surface area contributed by atoms with Crippen molar-refractivity contribution in [1.82, 2.24) is 0 Å². The van der Waals surface area contributed by atoms with Gasteiger partial charge in [0.05, 0.1) is 10.6 Å². The Balaban J connectivity index is 1.85. The molecule has 144 valence electrons. The first-order valence-electron chi connectivity index (χ1n) is 8.45. The summed E-state index contributed by atoms with van der Waals surface area (Å²) >= 11 is 1.14. The molecule has 0 spiro atoms. The molecule has 0 unspecified atom stereocenters. The molecule has 2 heterocycles. The molecular formula is C20H15F2NO3S2. The fourth-order valence-electron chi connectivity index (χ4n) is 3.35. The third-order valence-corrected chi connectivity index (χ3v) is 7.70. The van der Waals surface area contributed by atoms with Crippen LogP contribution in [0.25, 0.3) is 0 Å². The van der Waals surface area contributed by atoms with Crippen LogP contribution in [0, 0.1) is 18.6 Å². The predicted molar refractivity (Wildman–Crippen MR) is 102 cm³/mol. The molecule has 1 aromatic heterocycles. The van der Waals surface area contributed by atoms with Crippen molar-refractivity contribution in [2.24, 2.45) is 0 Å². The SMILES string of the molecule is Cc1cccc(S(=O)(=O)c2csc3c2NC(=O)C[C@@H]3c2ccc(F)cc2F)c1. The molecule has 1 aliphatic rings. The van der Waals surface area contributed by atoms with Gasteiger partial charge in [-0.3, -0.25) is 4.79 Å². The summed E-state index contributed by atoms with van der Waals surface area (Å²) in [7, 11) is -3.86. The van der Waals surface area contributed by atoms with Crippen molar-refractivity contribution in [3.8, 4) is 0 Å². The van der Waals surface area contributed by atoms with E-state index in [1.807, 2.05) is 0 Å². The van der Waals surface area contributed by atoms with Crippen LogP contribution >= 0.6 is 11.3 Å². The molecule has 0 radical (unpaired) electrons. The molecule has 0 aliphatic carbocycles. The van der Waals surface area contributed by atoms with E-state index in [9.17, 15) is 22.0 Å². The van der Waals surface area contributed by atoms with Crippen molar-refractivity contribution in [2.75, 3.05) is 5.32 Å². The summed E-state index contributed by atoms with van der Waals surface area (Å²) in [5.74, 6) is -2.56.